The summed E-state index contributed by atoms with van der Waals surface area (Å²) in [5.74, 6) is -0.287. The van der Waals surface area contributed by atoms with Crippen LogP contribution < -0.4 is 0 Å². The van der Waals surface area contributed by atoms with E-state index in [0.29, 0.717) is 5.56 Å². The normalized spacial score (nSPS) is 10.5. The van der Waals surface area contributed by atoms with Crippen molar-refractivity contribution in [1.29, 1.82) is 0 Å². The summed E-state index contributed by atoms with van der Waals surface area (Å²) in [4.78, 5) is 12.0. The Bertz CT molecular complexity index is 562. The molecule has 88 valence electrons. The largest absolute Gasteiger partial charge is 0.294 e. The van der Waals surface area contributed by atoms with E-state index in [0.717, 1.165) is 14.9 Å². The van der Waals surface area contributed by atoms with Gasteiger partial charge in [0, 0.05) is 17.4 Å². The van der Waals surface area contributed by atoms with E-state index >= 15 is 0 Å². The van der Waals surface area contributed by atoms with Crippen LogP contribution in [-0.2, 0) is 6.42 Å². The second kappa shape index (κ2) is 5.10. The van der Waals surface area contributed by atoms with Crippen LogP contribution in [-0.4, -0.2) is 5.78 Å². The minimum Gasteiger partial charge on any atom is -0.294 e. The molecule has 0 spiro atoms. The summed E-state index contributed by atoms with van der Waals surface area (Å²) >= 11 is 4.79. The van der Waals surface area contributed by atoms with E-state index in [2.05, 4.69) is 15.9 Å². The standard InChI is InChI=1S/C13H10BrFOS/c1-8-2-3-11(15)4-9(8)5-12(16)10-6-13(14)17-7-10/h2-4,6-7H,5H2,1H3. The first kappa shape index (κ1) is 12.5. The quantitative estimate of drug-likeness (QED) is 0.768. The highest BCUT2D eigenvalue weighted by Crippen LogP contribution is 2.22. The molecule has 0 radical (unpaired) electrons. The Labute approximate surface area is 111 Å². The lowest BCUT2D eigenvalue weighted by Crippen LogP contribution is -2.04. The SMILES string of the molecule is Cc1ccc(F)cc1CC(=O)c1csc(Br)c1. The number of carbonyl (C=O) groups is 1. The fourth-order valence-electron chi connectivity index (χ4n) is 1.56. The molecule has 1 heterocycles. The Morgan fingerprint density at radius 2 is 2.18 bits per heavy atom. The van der Waals surface area contributed by atoms with Crippen LogP contribution in [0.3, 0.4) is 0 Å². The third-order valence-corrected chi connectivity index (χ3v) is 4.06. The molecule has 0 N–H and O–H groups in total. The molecule has 0 atom stereocenters. The van der Waals surface area contributed by atoms with Gasteiger partial charge in [-0.2, -0.15) is 0 Å². The number of Topliss-reactive ketones (excluding diaryl/α,β-unsaturated/α-hetero) is 1. The molecular weight excluding hydrogens is 303 g/mol. The summed E-state index contributed by atoms with van der Waals surface area (Å²) in [6.07, 6.45) is 0.243. The minimum atomic E-state index is -0.301. The molecule has 1 nitrogen and oxygen atoms in total. The molecular formula is C13H10BrFOS. The fourth-order valence-corrected chi connectivity index (χ4v) is 2.72. The number of carbonyl (C=O) groups excluding carboxylic acids is 1. The predicted molar refractivity (Wildman–Crippen MR) is 71.2 cm³/mol. The molecule has 0 saturated carbocycles. The zero-order valence-electron chi connectivity index (χ0n) is 9.17. The van der Waals surface area contributed by atoms with Gasteiger partial charge in [-0.3, -0.25) is 4.79 Å². The Kier molecular flexibility index (Phi) is 3.74. The van der Waals surface area contributed by atoms with E-state index in [1.165, 1.54) is 23.5 Å². The third-order valence-electron chi connectivity index (χ3n) is 2.55. The van der Waals surface area contributed by atoms with Crippen LogP contribution in [0.1, 0.15) is 21.5 Å². The molecule has 0 aliphatic rings. The topological polar surface area (TPSA) is 17.1 Å². The minimum absolute atomic E-state index is 0.0145. The van der Waals surface area contributed by atoms with E-state index in [9.17, 15) is 9.18 Å². The van der Waals surface area contributed by atoms with Crippen molar-refractivity contribution in [2.75, 3.05) is 0 Å². The van der Waals surface area contributed by atoms with Gasteiger partial charge in [-0.1, -0.05) is 6.07 Å². The molecule has 0 aliphatic carbocycles. The lowest BCUT2D eigenvalue weighted by atomic mass is 10.0. The molecule has 1 aromatic heterocycles. The molecule has 0 aliphatic heterocycles. The highest BCUT2D eigenvalue weighted by molar-refractivity contribution is 9.11. The molecule has 2 aromatic rings. The zero-order valence-corrected chi connectivity index (χ0v) is 11.6. The Morgan fingerprint density at radius 1 is 1.41 bits per heavy atom. The van der Waals surface area contributed by atoms with Crippen LogP contribution in [0.15, 0.2) is 33.4 Å². The third kappa shape index (κ3) is 3.01. The van der Waals surface area contributed by atoms with Gasteiger partial charge in [-0.05, 0) is 52.2 Å². The van der Waals surface area contributed by atoms with Gasteiger partial charge in [0.2, 0.25) is 0 Å². The number of halogens is 2. The number of benzene rings is 1. The van der Waals surface area contributed by atoms with E-state index in [1.54, 1.807) is 17.5 Å². The molecule has 0 fully saturated rings. The van der Waals surface area contributed by atoms with Crippen LogP contribution >= 0.6 is 27.3 Å². The van der Waals surface area contributed by atoms with Crippen molar-refractivity contribution in [1.82, 2.24) is 0 Å². The summed E-state index contributed by atoms with van der Waals surface area (Å²) in [5.41, 5.74) is 2.36. The van der Waals surface area contributed by atoms with E-state index < -0.39 is 0 Å². The Hall–Kier alpha value is -1.00. The van der Waals surface area contributed by atoms with E-state index in [4.69, 9.17) is 0 Å². The number of hydrogen-bond donors (Lipinski definition) is 0. The number of hydrogen-bond acceptors (Lipinski definition) is 2. The number of rotatable bonds is 3. The van der Waals surface area contributed by atoms with Crippen LogP contribution in [0.2, 0.25) is 0 Å². The van der Waals surface area contributed by atoms with E-state index in [-0.39, 0.29) is 18.0 Å². The molecule has 0 bridgehead atoms. The van der Waals surface area contributed by atoms with Gasteiger partial charge in [-0.15, -0.1) is 11.3 Å². The highest BCUT2D eigenvalue weighted by atomic mass is 79.9. The molecule has 2 rings (SSSR count). The molecule has 4 heteroatoms. The van der Waals surface area contributed by atoms with Crippen molar-refractivity contribution in [2.24, 2.45) is 0 Å². The zero-order chi connectivity index (χ0) is 12.4. The first-order valence-electron chi connectivity index (χ1n) is 5.08. The van der Waals surface area contributed by atoms with Crippen molar-refractivity contribution in [3.05, 3.63) is 55.9 Å². The second-order valence-electron chi connectivity index (χ2n) is 3.81. The highest BCUT2D eigenvalue weighted by Gasteiger charge is 2.11. The van der Waals surface area contributed by atoms with Gasteiger partial charge >= 0.3 is 0 Å². The number of ketones is 1. The molecule has 0 saturated heterocycles. The maximum absolute atomic E-state index is 13.1. The van der Waals surface area contributed by atoms with Crippen LogP contribution in [0, 0.1) is 12.7 Å². The number of thiophene rings is 1. The lowest BCUT2D eigenvalue weighted by molar-refractivity contribution is 0.0993. The molecule has 0 unspecified atom stereocenters. The summed E-state index contributed by atoms with van der Waals surface area (Å²) in [6.45, 7) is 1.88. The van der Waals surface area contributed by atoms with Crippen LogP contribution in [0.5, 0.6) is 0 Å². The van der Waals surface area contributed by atoms with Crippen LogP contribution in [0.4, 0.5) is 4.39 Å². The van der Waals surface area contributed by atoms with Gasteiger partial charge in [0.15, 0.2) is 5.78 Å². The molecule has 1 aromatic carbocycles. The van der Waals surface area contributed by atoms with Crippen molar-refractivity contribution in [2.45, 2.75) is 13.3 Å². The van der Waals surface area contributed by atoms with Crippen LogP contribution in [0.25, 0.3) is 0 Å². The van der Waals surface area contributed by atoms with Crippen molar-refractivity contribution in [3.8, 4) is 0 Å². The fraction of sp³-hybridized carbons (Fsp3) is 0.154. The van der Waals surface area contributed by atoms with Crippen molar-refractivity contribution in [3.63, 3.8) is 0 Å². The summed E-state index contributed by atoms with van der Waals surface area (Å²) < 4.78 is 14.0. The smallest absolute Gasteiger partial charge is 0.168 e. The first-order valence-corrected chi connectivity index (χ1v) is 6.76. The van der Waals surface area contributed by atoms with Gasteiger partial charge < -0.3 is 0 Å². The summed E-state index contributed by atoms with van der Waals surface area (Å²) in [7, 11) is 0. The maximum Gasteiger partial charge on any atom is 0.168 e. The van der Waals surface area contributed by atoms with Gasteiger partial charge in [-0.25, -0.2) is 4.39 Å². The Balaban J connectivity index is 2.21. The summed E-state index contributed by atoms with van der Waals surface area (Å²) in [6, 6.07) is 6.32. The second-order valence-corrected chi connectivity index (χ2v) is 6.10. The maximum atomic E-state index is 13.1. The summed E-state index contributed by atoms with van der Waals surface area (Å²) in [5, 5.41) is 1.81. The first-order chi connectivity index (χ1) is 8.06. The Morgan fingerprint density at radius 3 is 2.82 bits per heavy atom. The van der Waals surface area contributed by atoms with Crippen molar-refractivity contribution < 1.29 is 9.18 Å². The molecule has 17 heavy (non-hydrogen) atoms. The lowest BCUT2D eigenvalue weighted by Gasteiger charge is -2.04. The van der Waals surface area contributed by atoms with Crippen molar-refractivity contribution >= 4 is 33.0 Å². The van der Waals surface area contributed by atoms with Gasteiger partial charge in [0.05, 0.1) is 3.79 Å². The number of aryl methyl sites for hydroxylation is 1. The molecule has 0 amide bonds. The average molecular weight is 313 g/mol. The van der Waals surface area contributed by atoms with Gasteiger partial charge in [0.1, 0.15) is 5.82 Å². The average Bonchev–Trinajstić information content (AvgIpc) is 2.70. The van der Waals surface area contributed by atoms with E-state index in [1.807, 2.05) is 6.92 Å². The van der Waals surface area contributed by atoms with Gasteiger partial charge in [0.25, 0.3) is 0 Å². The predicted octanol–water partition coefficient (Wildman–Crippen LogP) is 4.38. The monoisotopic (exact) mass is 312 g/mol.